The third kappa shape index (κ3) is 3.42. The van der Waals surface area contributed by atoms with Gasteiger partial charge in [0.2, 0.25) is 0 Å². The lowest BCUT2D eigenvalue weighted by Gasteiger charge is -2.12. The zero-order chi connectivity index (χ0) is 15.6. The van der Waals surface area contributed by atoms with Gasteiger partial charge in [0.15, 0.2) is 5.82 Å². The van der Waals surface area contributed by atoms with Gasteiger partial charge in [0.05, 0.1) is 6.54 Å². The average Bonchev–Trinajstić information content (AvgIpc) is 2.88. The molecule has 0 bridgehead atoms. The molecule has 6 heteroatoms. The highest BCUT2D eigenvalue weighted by molar-refractivity contribution is 6.31. The molecule has 0 spiro atoms. The number of rotatable bonds is 4. The second-order valence-corrected chi connectivity index (χ2v) is 5.75. The summed E-state index contributed by atoms with van der Waals surface area (Å²) in [5, 5.41) is 11.5. The molecular weight excluding hydrogens is 288 g/mol. The van der Waals surface area contributed by atoms with E-state index in [1.165, 1.54) is 0 Å². The number of aryl methyl sites for hydroxylation is 2. The zero-order valence-electron chi connectivity index (χ0n) is 12.6. The number of nitrogens with one attached hydrogen (secondary N) is 1. The molecule has 0 saturated carbocycles. The normalized spacial score (nSPS) is 11.0. The minimum absolute atomic E-state index is 0.134. The molecule has 1 heterocycles. The van der Waals surface area contributed by atoms with Crippen molar-refractivity contribution in [2.45, 2.75) is 40.3 Å². The van der Waals surface area contributed by atoms with Crippen LogP contribution in [0, 0.1) is 13.8 Å². The van der Waals surface area contributed by atoms with E-state index in [0.717, 1.165) is 17.0 Å². The van der Waals surface area contributed by atoms with Gasteiger partial charge in [-0.15, -0.1) is 10.2 Å². The first-order valence-corrected chi connectivity index (χ1v) is 7.21. The van der Waals surface area contributed by atoms with E-state index in [2.05, 4.69) is 15.5 Å². The lowest BCUT2D eigenvalue weighted by molar-refractivity contribution is 0.0948. The van der Waals surface area contributed by atoms with Crippen LogP contribution in [-0.2, 0) is 6.54 Å². The molecule has 0 aliphatic carbocycles. The summed E-state index contributed by atoms with van der Waals surface area (Å²) in [5.41, 5.74) is 2.37. The van der Waals surface area contributed by atoms with Crippen LogP contribution in [0.4, 0.5) is 0 Å². The summed E-state index contributed by atoms with van der Waals surface area (Å²) in [6, 6.07) is 3.87. The zero-order valence-corrected chi connectivity index (χ0v) is 13.4. The molecule has 0 unspecified atom stereocenters. The number of amides is 1. The number of aromatic nitrogens is 3. The first kappa shape index (κ1) is 15.5. The molecule has 2 aromatic rings. The first-order chi connectivity index (χ1) is 9.90. The molecule has 2 rings (SSSR count). The van der Waals surface area contributed by atoms with Crippen molar-refractivity contribution in [1.29, 1.82) is 0 Å². The molecule has 0 atom stereocenters. The summed E-state index contributed by atoms with van der Waals surface area (Å²) >= 11 is 6.05. The Morgan fingerprint density at radius 2 is 2.05 bits per heavy atom. The third-order valence-electron chi connectivity index (χ3n) is 3.36. The molecule has 0 saturated heterocycles. The molecule has 0 aliphatic rings. The molecule has 112 valence electrons. The van der Waals surface area contributed by atoms with E-state index in [9.17, 15) is 4.79 Å². The molecular formula is C15H19ClN4O. The van der Waals surface area contributed by atoms with Gasteiger partial charge >= 0.3 is 0 Å². The smallest absolute Gasteiger partial charge is 0.251 e. The number of halogens is 1. The maximum Gasteiger partial charge on any atom is 0.251 e. The van der Waals surface area contributed by atoms with E-state index >= 15 is 0 Å². The number of hydrogen-bond donors (Lipinski definition) is 1. The highest BCUT2D eigenvalue weighted by atomic mass is 35.5. The van der Waals surface area contributed by atoms with Crippen molar-refractivity contribution in [1.82, 2.24) is 20.1 Å². The first-order valence-electron chi connectivity index (χ1n) is 6.83. The molecule has 21 heavy (non-hydrogen) atoms. The van der Waals surface area contributed by atoms with Crippen LogP contribution in [0.15, 0.2) is 18.5 Å². The maximum absolute atomic E-state index is 12.3. The van der Waals surface area contributed by atoms with Crippen LogP contribution in [0.25, 0.3) is 0 Å². The van der Waals surface area contributed by atoms with Crippen LogP contribution in [0.3, 0.4) is 0 Å². The molecule has 0 radical (unpaired) electrons. The molecule has 1 aromatic carbocycles. The summed E-state index contributed by atoms with van der Waals surface area (Å²) in [7, 11) is 0. The number of nitrogens with zero attached hydrogens (tertiary/aromatic N) is 3. The van der Waals surface area contributed by atoms with Crippen LogP contribution in [-0.4, -0.2) is 20.7 Å². The Labute approximate surface area is 129 Å². The Hall–Kier alpha value is -1.88. The van der Waals surface area contributed by atoms with E-state index in [1.54, 1.807) is 12.4 Å². The summed E-state index contributed by atoms with van der Waals surface area (Å²) in [4.78, 5) is 12.3. The van der Waals surface area contributed by atoms with Gasteiger partial charge in [0, 0.05) is 16.6 Å². The quantitative estimate of drug-likeness (QED) is 0.944. The average molecular weight is 307 g/mol. The van der Waals surface area contributed by atoms with E-state index in [-0.39, 0.29) is 11.9 Å². The minimum atomic E-state index is -0.134. The Bertz CT molecular complexity index is 664. The fraction of sp³-hybridized carbons (Fsp3) is 0.400. The fourth-order valence-electron chi connectivity index (χ4n) is 2.10. The van der Waals surface area contributed by atoms with Gasteiger partial charge in [-0.1, -0.05) is 11.6 Å². The number of hydrogen-bond acceptors (Lipinski definition) is 3. The third-order valence-corrected chi connectivity index (χ3v) is 3.77. The second kappa shape index (κ2) is 6.26. The van der Waals surface area contributed by atoms with E-state index in [4.69, 9.17) is 11.6 Å². The molecule has 1 N–H and O–H groups in total. The molecule has 1 amide bonds. The van der Waals surface area contributed by atoms with E-state index in [1.807, 2.05) is 38.3 Å². The summed E-state index contributed by atoms with van der Waals surface area (Å²) in [5.74, 6) is 0.604. The maximum atomic E-state index is 12.3. The van der Waals surface area contributed by atoms with Crippen molar-refractivity contribution in [2.75, 3.05) is 0 Å². The number of carbonyl (C=O) groups is 1. The van der Waals surface area contributed by atoms with Gasteiger partial charge < -0.3 is 9.88 Å². The Morgan fingerprint density at radius 3 is 2.71 bits per heavy atom. The summed E-state index contributed by atoms with van der Waals surface area (Å²) in [6.45, 7) is 8.19. The van der Waals surface area contributed by atoms with Crippen molar-refractivity contribution in [3.8, 4) is 0 Å². The summed E-state index contributed by atoms with van der Waals surface area (Å²) in [6.07, 6.45) is 1.67. The van der Waals surface area contributed by atoms with Crippen molar-refractivity contribution in [3.63, 3.8) is 0 Å². The Morgan fingerprint density at radius 1 is 1.33 bits per heavy atom. The largest absolute Gasteiger partial charge is 0.345 e. The van der Waals surface area contributed by atoms with Gasteiger partial charge in [0.25, 0.3) is 5.91 Å². The van der Waals surface area contributed by atoms with Gasteiger partial charge in [-0.05, 0) is 51.0 Å². The number of benzene rings is 1. The lowest BCUT2D eigenvalue weighted by Crippen LogP contribution is -2.25. The van der Waals surface area contributed by atoms with E-state index in [0.29, 0.717) is 17.1 Å². The molecule has 0 aliphatic heterocycles. The standard InChI is InChI=1S/C15H19ClN4O/c1-9(2)20-8-18-19-14(20)7-17-15(21)12-5-11(4)13(16)6-10(12)3/h5-6,8-9H,7H2,1-4H3,(H,17,21). The van der Waals surface area contributed by atoms with Crippen LogP contribution in [0.1, 0.15) is 47.2 Å². The van der Waals surface area contributed by atoms with Crippen LogP contribution in [0.2, 0.25) is 5.02 Å². The Kier molecular flexibility index (Phi) is 4.63. The minimum Gasteiger partial charge on any atom is -0.345 e. The monoisotopic (exact) mass is 306 g/mol. The van der Waals surface area contributed by atoms with Gasteiger partial charge in [-0.3, -0.25) is 4.79 Å². The topological polar surface area (TPSA) is 59.8 Å². The van der Waals surface area contributed by atoms with E-state index < -0.39 is 0 Å². The fourth-order valence-corrected chi connectivity index (χ4v) is 2.32. The predicted octanol–water partition coefficient (Wildman–Crippen LogP) is 3.06. The van der Waals surface area contributed by atoms with Crippen LogP contribution < -0.4 is 5.32 Å². The van der Waals surface area contributed by atoms with Gasteiger partial charge in [0.1, 0.15) is 6.33 Å². The molecule has 5 nitrogen and oxygen atoms in total. The van der Waals surface area contributed by atoms with Crippen LogP contribution in [0.5, 0.6) is 0 Å². The van der Waals surface area contributed by atoms with Crippen molar-refractivity contribution < 1.29 is 4.79 Å². The van der Waals surface area contributed by atoms with Gasteiger partial charge in [-0.25, -0.2) is 0 Å². The highest BCUT2D eigenvalue weighted by Crippen LogP contribution is 2.20. The molecule has 1 aromatic heterocycles. The van der Waals surface area contributed by atoms with Crippen LogP contribution >= 0.6 is 11.6 Å². The van der Waals surface area contributed by atoms with Crippen molar-refractivity contribution >= 4 is 17.5 Å². The Balaban J connectivity index is 2.12. The molecule has 0 fully saturated rings. The van der Waals surface area contributed by atoms with Gasteiger partial charge in [-0.2, -0.15) is 0 Å². The number of carbonyl (C=O) groups excluding carboxylic acids is 1. The second-order valence-electron chi connectivity index (χ2n) is 5.35. The summed E-state index contributed by atoms with van der Waals surface area (Å²) < 4.78 is 1.93. The van der Waals surface area contributed by atoms with Crippen molar-refractivity contribution in [2.24, 2.45) is 0 Å². The predicted molar refractivity (Wildman–Crippen MR) is 82.5 cm³/mol. The lowest BCUT2D eigenvalue weighted by atomic mass is 10.0. The highest BCUT2D eigenvalue weighted by Gasteiger charge is 2.13. The van der Waals surface area contributed by atoms with Crippen molar-refractivity contribution in [3.05, 3.63) is 46.0 Å². The SMILES string of the molecule is Cc1cc(C(=O)NCc2nncn2C(C)C)c(C)cc1Cl.